The first-order valence-electron chi connectivity index (χ1n) is 12.6. The fraction of sp³-hybridized carbons (Fsp3) is 0.333. The van der Waals surface area contributed by atoms with Crippen molar-refractivity contribution in [2.45, 2.75) is 12.0 Å². The predicted molar refractivity (Wildman–Crippen MR) is 141 cm³/mol. The van der Waals surface area contributed by atoms with E-state index in [1.54, 1.807) is 60.7 Å². The Morgan fingerprint density at radius 1 is 0.925 bits per heavy atom. The Labute approximate surface area is 231 Å². The van der Waals surface area contributed by atoms with Gasteiger partial charge < -0.3 is 38.3 Å². The van der Waals surface area contributed by atoms with Gasteiger partial charge in [0.2, 0.25) is 12.5 Å². The number of carbonyl (C=O) groups is 2. The third-order valence-electron chi connectivity index (χ3n) is 7.57. The van der Waals surface area contributed by atoms with E-state index in [1.807, 2.05) is 0 Å². The van der Waals surface area contributed by atoms with Crippen LogP contribution in [0.25, 0.3) is 0 Å². The lowest BCUT2D eigenvalue weighted by Crippen LogP contribution is -2.30. The van der Waals surface area contributed by atoms with Crippen LogP contribution >= 0.6 is 0 Å². The summed E-state index contributed by atoms with van der Waals surface area (Å²) < 4.78 is 38.4. The van der Waals surface area contributed by atoms with Crippen molar-refractivity contribution >= 4 is 11.9 Å². The van der Waals surface area contributed by atoms with Crippen LogP contribution in [-0.4, -0.2) is 58.9 Å². The molecule has 210 valence electrons. The normalized spacial score (nSPS) is 21.2. The van der Waals surface area contributed by atoms with Gasteiger partial charge in [-0.2, -0.15) is 0 Å². The molecule has 1 unspecified atom stereocenters. The van der Waals surface area contributed by atoms with Gasteiger partial charge in [-0.1, -0.05) is 24.3 Å². The quantitative estimate of drug-likeness (QED) is 0.372. The standard InChI is InChI=1S/C30H30O10/c1-34-23-13-19(14-24(35-2)26(23)36-3)25-20(15-38-28(32)17-8-6-5-7-9-17)30(25,29(33)37-4)27(31)18-10-11-21-22(12-18)40-16-39-21/h5-14,20,25,27,31H,15-16H2,1-4H3/t20-,25-,27?,30+/m0/s1. The minimum Gasteiger partial charge on any atom is -0.493 e. The van der Waals surface area contributed by atoms with Crippen molar-refractivity contribution in [3.8, 4) is 28.7 Å². The van der Waals surface area contributed by atoms with Crippen molar-refractivity contribution < 1.29 is 47.9 Å². The zero-order valence-electron chi connectivity index (χ0n) is 22.5. The molecule has 0 spiro atoms. The van der Waals surface area contributed by atoms with Gasteiger partial charge in [-0.25, -0.2) is 4.79 Å². The number of aliphatic hydroxyl groups excluding tert-OH is 1. The van der Waals surface area contributed by atoms with E-state index in [4.69, 9.17) is 33.2 Å². The molecule has 3 aromatic carbocycles. The van der Waals surface area contributed by atoms with Gasteiger partial charge in [0.1, 0.15) is 5.41 Å². The van der Waals surface area contributed by atoms with Gasteiger partial charge in [0.15, 0.2) is 23.0 Å². The van der Waals surface area contributed by atoms with Crippen LogP contribution in [0.5, 0.6) is 28.7 Å². The summed E-state index contributed by atoms with van der Waals surface area (Å²) in [6.07, 6.45) is -1.35. The molecule has 10 heteroatoms. The summed E-state index contributed by atoms with van der Waals surface area (Å²) in [6.45, 7) is -0.102. The molecule has 0 saturated heterocycles. The number of benzene rings is 3. The lowest BCUT2D eigenvalue weighted by molar-refractivity contribution is -0.154. The fourth-order valence-corrected chi connectivity index (χ4v) is 5.63. The van der Waals surface area contributed by atoms with Crippen LogP contribution in [0.3, 0.4) is 0 Å². The zero-order valence-corrected chi connectivity index (χ0v) is 22.5. The molecule has 1 fully saturated rings. The number of carbonyl (C=O) groups excluding carboxylic acids is 2. The molecule has 0 amide bonds. The van der Waals surface area contributed by atoms with Crippen molar-refractivity contribution in [2.24, 2.45) is 11.3 Å². The summed E-state index contributed by atoms with van der Waals surface area (Å²) in [5.74, 6) is -0.387. The molecule has 1 saturated carbocycles. The van der Waals surface area contributed by atoms with Gasteiger partial charge in [-0.05, 0) is 47.5 Å². The molecular formula is C30H30O10. The second kappa shape index (κ2) is 11.0. The number of hydrogen-bond donors (Lipinski definition) is 1. The maximum absolute atomic E-state index is 13.6. The number of rotatable bonds is 10. The van der Waals surface area contributed by atoms with Crippen LogP contribution in [0.2, 0.25) is 0 Å². The van der Waals surface area contributed by atoms with E-state index in [1.165, 1.54) is 28.4 Å². The van der Waals surface area contributed by atoms with Crippen molar-refractivity contribution in [3.05, 3.63) is 77.4 Å². The lowest BCUT2D eigenvalue weighted by Gasteiger charge is -2.24. The number of ether oxygens (including phenoxy) is 7. The second-order valence-electron chi connectivity index (χ2n) is 9.45. The Bertz CT molecular complexity index is 1380. The molecule has 0 radical (unpaired) electrons. The third-order valence-corrected chi connectivity index (χ3v) is 7.57. The van der Waals surface area contributed by atoms with E-state index in [2.05, 4.69) is 0 Å². The number of esters is 2. The molecule has 3 aromatic rings. The number of aliphatic hydroxyl groups is 1. The Morgan fingerprint density at radius 2 is 1.60 bits per heavy atom. The van der Waals surface area contributed by atoms with Gasteiger partial charge >= 0.3 is 11.9 Å². The summed E-state index contributed by atoms with van der Waals surface area (Å²) in [5, 5.41) is 11.9. The molecule has 40 heavy (non-hydrogen) atoms. The van der Waals surface area contributed by atoms with Gasteiger partial charge in [-0.15, -0.1) is 0 Å². The molecule has 0 aromatic heterocycles. The van der Waals surface area contributed by atoms with Crippen molar-refractivity contribution in [3.63, 3.8) is 0 Å². The maximum atomic E-state index is 13.6. The molecule has 1 aliphatic carbocycles. The third kappa shape index (κ3) is 4.44. The average Bonchev–Trinajstić information content (AvgIpc) is 3.44. The Kier molecular flexibility index (Phi) is 7.44. The highest BCUT2D eigenvalue weighted by Crippen LogP contribution is 2.72. The Hall–Kier alpha value is -4.44. The van der Waals surface area contributed by atoms with Gasteiger partial charge in [-0.3, -0.25) is 4.79 Å². The van der Waals surface area contributed by atoms with E-state index in [9.17, 15) is 14.7 Å². The Morgan fingerprint density at radius 3 is 2.23 bits per heavy atom. The van der Waals surface area contributed by atoms with Crippen LogP contribution < -0.4 is 23.7 Å². The first-order chi connectivity index (χ1) is 19.4. The number of fused-ring (bicyclic) bond motifs is 1. The van der Waals surface area contributed by atoms with E-state index < -0.39 is 35.3 Å². The minimum atomic E-state index is -1.51. The largest absolute Gasteiger partial charge is 0.493 e. The summed E-state index contributed by atoms with van der Waals surface area (Å²) in [7, 11) is 5.73. The first kappa shape index (κ1) is 27.1. The van der Waals surface area contributed by atoms with E-state index in [0.717, 1.165) is 0 Å². The summed E-state index contributed by atoms with van der Waals surface area (Å²) >= 11 is 0. The highest BCUT2D eigenvalue weighted by Gasteiger charge is 2.75. The minimum absolute atomic E-state index is 0.0587. The molecule has 1 aliphatic heterocycles. The average molecular weight is 551 g/mol. The van der Waals surface area contributed by atoms with Crippen LogP contribution in [0, 0.1) is 11.3 Å². The van der Waals surface area contributed by atoms with Crippen molar-refractivity contribution in [1.29, 1.82) is 0 Å². The molecule has 2 aliphatic rings. The van der Waals surface area contributed by atoms with Crippen molar-refractivity contribution in [2.75, 3.05) is 41.8 Å². The van der Waals surface area contributed by atoms with Crippen LogP contribution in [0.15, 0.2) is 60.7 Å². The molecule has 1 N–H and O–H groups in total. The molecule has 5 rings (SSSR count). The number of methoxy groups -OCH3 is 4. The molecule has 4 atom stereocenters. The summed E-state index contributed by atoms with van der Waals surface area (Å²) in [5.41, 5.74) is -0.110. The van der Waals surface area contributed by atoms with Gasteiger partial charge in [0.25, 0.3) is 0 Å². The second-order valence-corrected chi connectivity index (χ2v) is 9.45. The zero-order chi connectivity index (χ0) is 28.4. The monoisotopic (exact) mass is 550 g/mol. The Balaban J connectivity index is 1.58. The molecule has 0 bridgehead atoms. The van der Waals surface area contributed by atoms with Crippen LogP contribution in [-0.2, 0) is 14.3 Å². The van der Waals surface area contributed by atoms with E-state index >= 15 is 0 Å². The van der Waals surface area contributed by atoms with Gasteiger partial charge in [0, 0.05) is 11.8 Å². The van der Waals surface area contributed by atoms with Crippen molar-refractivity contribution in [1.82, 2.24) is 0 Å². The molecular weight excluding hydrogens is 520 g/mol. The SMILES string of the molecule is COC(=O)[C@]1(C(O)c2ccc3c(c2)OCO3)[C@@H](COC(=O)c2ccccc2)[C@@H]1c1cc(OC)c(OC)c(OC)c1. The molecule has 10 nitrogen and oxygen atoms in total. The maximum Gasteiger partial charge on any atom is 0.338 e. The fourth-order valence-electron chi connectivity index (χ4n) is 5.63. The lowest BCUT2D eigenvalue weighted by atomic mass is 9.87. The summed E-state index contributed by atoms with van der Waals surface area (Å²) in [4.78, 5) is 26.5. The van der Waals surface area contributed by atoms with Gasteiger partial charge in [0.05, 0.1) is 46.7 Å². The van der Waals surface area contributed by atoms with E-state index in [0.29, 0.717) is 45.4 Å². The molecule has 1 heterocycles. The topological polar surface area (TPSA) is 119 Å². The summed E-state index contributed by atoms with van der Waals surface area (Å²) in [6, 6.07) is 16.9. The highest BCUT2D eigenvalue weighted by molar-refractivity contribution is 5.89. The highest BCUT2D eigenvalue weighted by atomic mass is 16.7. The predicted octanol–water partition coefficient (Wildman–Crippen LogP) is 3.90. The first-order valence-corrected chi connectivity index (χ1v) is 12.6. The number of hydrogen-bond acceptors (Lipinski definition) is 10. The van der Waals surface area contributed by atoms with Crippen LogP contribution in [0.4, 0.5) is 0 Å². The van der Waals surface area contributed by atoms with E-state index in [-0.39, 0.29) is 13.4 Å². The smallest absolute Gasteiger partial charge is 0.338 e. The van der Waals surface area contributed by atoms with Crippen LogP contribution in [0.1, 0.15) is 33.5 Å².